The van der Waals surface area contributed by atoms with Crippen molar-refractivity contribution in [1.82, 2.24) is 0 Å². The van der Waals surface area contributed by atoms with Crippen LogP contribution < -0.4 is 0 Å². The summed E-state index contributed by atoms with van der Waals surface area (Å²) in [6.45, 7) is 16.0. The standard InChI is InChI=1S/C38H59NO5Si/c1-8-10-11-12-13-14-15-22-28-41-36-34(39-33(30-23-18-16-19-24-30)31-25-20-17-21-26-31)37(42-27-9-2)44-32(35(36)40)29-43-45(6,7)38(3,4)5/h9,16-21,23-27,32,34-37,40H,8,10-15,22,28-29H2,1-7H3/b27-9-/t32?,34?,35-,36-,37+/m1/s1. The Morgan fingerprint density at radius 1 is 0.889 bits per heavy atom. The largest absolute Gasteiger partial charge is 0.470 e. The number of hydrogen-bond acceptors (Lipinski definition) is 6. The highest BCUT2D eigenvalue weighted by Gasteiger charge is 2.48. The molecular weight excluding hydrogens is 579 g/mol. The highest BCUT2D eigenvalue weighted by atomic mass is 28.4. The van der Waals surface area contributed by atoms with E-state index in [1.807, 2.05) is 49.4 Å². The highest BCUT2D eigenvalue weighted by molar-refractivity contribution is 6.74. The van der Waals surface area contributed by atoms with Gasteiger partial charge in [-0.25, -0.2) is 0 Å². The van der Waals surface area contributed by atoms with E-state index in [0.717, 1.165) is 29.7 Å². The van der Waals surface area contributed by atoms with Crippen LogP contribution in [-0.2, 0) is 18.6 Å². The van der Waals surface area contributed by atoms with Gasteiger partial charge in [0.1, 0.15) is 24.4 Å². The molecule has 2 unspecified atom stereocenters. The second kappa shape index (κ2) is 18.8. The van der Waals surface area contributed by atoms with E-state index in [1.54, 1.807) is 6.26 Å². The van der Waals surface area contributed by atoms with Crippen molar-refractivity contribution in [1.29, 1.82) is 0 Å². The topological polar surface area (TPSA) is 69.5 Å². The first-order valence-electron chi connectivity index (χ1n) is 17.1. The minimum atomic E-state index is -2.09. The maximum absolute atomic E-state index is 11.9. The molecule has 0 aliphatic carbocycles. The van der Waals surface area contributed by atoms with Crippen LogP contribution in [0.3, 0.4) is 0 Å². The van der Waals surface area contributed by atoms with Crippen molar-refractivity contribution in [3.8, 4) is 0 Å². The number of unbranched alkanes of at least 4 members (excludes halogenated alkanes) is 7. The number of benzene rings is 2. The lowest BCUT2D eigenvalue weighted by atomic mass is 9.95. The molecule has 1 saturated heterocycles. The Labute approximate surface area is 274 Å². The zero-order valence-electron chi connectivity index (χ0n) is 28.9. The summed E-state index contributed by atoms with van der Waals surface area (Å²) in [7, 11) is -2.09. The Hall–Kier alpha value is -2.29. The number of aliphatic hydroxyl groups excluding tert-OH is 1. The molecule has 7 heteroatoms. The number of hydrogen-bond donors (Lipinski definition) is 1. The van der Waals surface area contributed by atoms with E-state index in [9.17, 15) is 5.11 Å². The number of rotatable bonds is 18. The van der Waals surface area contributed by atoms with Crippen molar-refractivity contribution in [3.05, 3.63) is 84.1 Å². The van der Waals surface area contributed by atoms with Gasteiger partial charge >= 0.3 is 0 Å². The SMILES string of the molecule is C/C=C\O[C@H]1OC(CO[Si](C)(C)C(C)(C)C)[C@@H](O)[C@H](OCCCCCCCCCC)C1N=C(c1ccccc1)c1ccccc1. The quantitative estimate of drug-likeness (QED) is 0.0764. The predicted octanol–water partition coefficient (Wildman–Crippen LogP) is 9.08. The molecule has 1 fully saturated rings. The van der Waals surface area contributed by atoms with Gasteiger partial charge in [-0.2, -0.15) is 0 Å². The van der Waals surface area contributed by atoms with Crippen LogP contribution in [0.2, 0.25) is 18.1 Å². The third-order valence-electron chi connectivity index (χ3n) is 9.09. The first kappa shape index (κ1) is 37.2. The van der Waals surface area contributed by atoms with Gasteiger partial charge in [-0.1, -0.05) is 139 Å². The van der Waals surface area contributed by atoms with Gasteiger partial charge in [0.2, 0.25) is 6.29 Å². The fraction of sp³-hybridized carbons (Fsp3) is 0.605. The molecule has 1 aliphatic rings. The molecule has 0 spiro atoms. The second-order valence-electron chi connectivity index (χ2n) is 13.7. The number of aliphatic hydroxyl groups is 1. The minimum absolute atomic E-state index is 0.0347. The lowest BCUT2D eigenvalue weighted by Crippen LogP contribution is -2.60. The maximum atomic E-state index is 11.9. The molecule has 2 aromatic rings. The minimum Gasteiger partial charge on any atom is -0.470 e. The fourth-order valence-corrected chi connectivity index (χ4v) is 6.27. The van der Waals surface area contributed by atoms with Crippen LogP contribution in [-0.4, -0.2) is 63.0 Å². The van der Waals surface area contributed by atoms with E-state index in [1.165, 1.54) is 38.5 Å². The Balaban J connectivity index is 1.91. The van der Waals surface area contributed by atoms with E-state index in [4.69, 9.17) is 23.6 Å². The molecule has 45 heavy (non-hydrogen) atoms. The normalized spacial score (nSPS) is 22.4. The fourth-order valence-electron chi connectivity index (χ4n) is 5.26. The van der Waals surface area contributed by atoms with Crippen molar-refractivity contribution < 1.29 is 23.7 Å². The molecule has 1 N–H and O–H groups in total. The number of nitrogens with zero attached hydrogens (tertiary/aromatic N) is 1. The second-order valence-corrected chi connectivity index (χ2v) is 18.5. The average molecular weight is 638 g/mol. The monoisotopic (exact) mass is 637 g/mol. The van der Waals surface area contributed by atoms with Gasteiger partial charge in [-0.15, -0.1) is 0 Å². The van der Waals surface area contributed by atoms with Crippen LogP contribution >= 0.6 is 0 Å². The summed E-state index contributed by atoms with van der Waals surface area (Å²) < 4.78 is 25.8. The summed E-state index contributed by atoms with van der Waals surface area (Å²) in [4.78, 5) is 5.30. The van der Waals surface area contributed by atoms with E-state index in [-0.39, 0.29) is 11.6 Å². The maximum Gasteiger partial charge on any atom is 0.224 e. The summed E-state index contributed by atoms with van der Waals surface area (Å²) in [5, 5.41) is 11.9. The Morgan fingerprint density at radius 2 is 1.44 bits per heavy atom. The first-order valence-corrected chi connectivity index (χ1v) is 20.0. The van der Waals surface area contributed by atoms with Gasteiger partial charge in [0.25, 0.3) is 0 Å². The van der Waals surface area contributed by atoms with Gasteiger partial charge < -0.3 is 23.7 Å². The zero-order chi connectivity index (χ0) is 32.7. The van der Waals surface area contributed by atoms with Gasteiger partial charge in [0.05, 0.1) is 18.6 Å². The summed E-state index contributed by atoms with van der Waals surface area (Å²) in [5.41, 5.74) is 2.77. The number of ether oxygens (including phenoxy) is 3. The molecule has 0 amide bonds. The van der Waals surface area contributed by atoms with Crippen LogP contribution in [0.15, 0.2) is 78.0 Å². The molecule has 2 aromatic carbocycles. The lowest BCUT2D eigenvalue weighted by molar-refractivity contribution is -0.257. The Kier molecular flexibility index (Phi) is 15.5. The average Bonchev–Trinajstić information content (AvgIpc) is 3.03. The third kappa shape index (κ3) is 11.5. The van der Waals surface area contributed by atoms with Crippen LogP contribution in [0.4, 0.5) is 0 Å². The number of allylic oxidation sites excluding steroid dienone is 1. The molecule has 1 heterocycles. The van der Waals surface area contributed by atoms with Gasteiger partial charge in [-0.3, -0.25) is 4.99 Å². The van der Waals surface area contributed by atoms with E-state index >= 15 is 0 Å². The molecule has 250 valence electrons. The van der Waals surface area contributed by atoms with Gasteiger partial charge in [0, 0.05) is 17.7 Å². The van der Waals surface area contributed by atoms with Crippen LogP contribution in [0.25, 0.3) is 0 Å². The summed E-state index contributed by atoms with van der Waals surface area (Å²) in [6, 6.07) is 19.7. The van der Waals surface area contributed by atoms with Crippen LogP contribution in [0.1, 0.15) is 97.1 Å². The van der Waals surface area contributed by atoms with Crippen molar-refractivity contribution in [2.75, 3.05) is 13.2 Å². The highest BCUT2D eigenvalue weighted by Crippen LogP contribution is 2.37. The molecule has 0 aromatic heterocycles. The first-order chi connectivity index (χ1) is 21.6. The van der Waals surface area contributed by atoms with Crippen LogP contribution in [0, 0.1) is 0 Å². The molecule has 6 nitrogen and oxygen atoms in total. The van der Waals surface area contributed by atoms with Crippen LogP contribution in [0.5, 0.6) is 0 Å². The van der Waals surface area contributed by atoms with E-state index < -0.39 is 39.0 Å². The van der Waals surface area contributed by atoms with Gasteiger partial charge in [0.15, 0.2) is 8.32 Å². The smallest absolute Gasteiger partial charge is 0.224 e. The molecule has 3 rings (SSSR count). The van der Waals surface area contributed by atoms with Crippen molar-refractivity contribution in [3.63, 3.8) is 0 Å². The van der Waals surface area contributed by atoms with E-state index in [0.29, 0.717) is 6.61 Å². The van der Waals surface area contributed by atoms with Gasteiger partial charge in [-0.05, 0) is 31.5 Å². The lowest BCUT2D eigenvalue weighted by Gasteiger charge is -2.44. The Morgan fingerprint density at radius 3 is 1.98 bits per heavy atom. The molecule has 0 bridgehead atoms. The summed E-state index contributed by atoms with van der Waals surface area (Å²) in [5.74, 6) is 0. The third-order valence-corrected chi connectivity index (χ3v) is 13.6. The van der Waals surface area contributed by atoms with Crippen molar-refractivity contribution in [2.45, 2.75) is 135 Å². The van der Waals surface area contributed by atoms with E-state index in [2.05, 4.69) is 65.1 Å². The molecule has 0 saturated carbocycles. The number of aliphatic imine (C=N–C) groups is 1. The predicted molar refractivity (Wildman–Crippen MR) is 188 cm³/mol. The zero-order valence-corrected chi connectivity index (χ0v) is 29.9. The molecule has 0 radical (unpaired) electrons. The summed E-state index contributed by atoms with van der Waals surface area (Å²) >= 11 is 0. The summed E-state index contributed by atoms with van der Waals surface area (Å²) in [6.07, 6.45) is 10.2. The molecule has 1 aliphatic heterocycles. The van der Waals surface area contributed by atoms with Crippen molar-refractivity contribution in [2.24, 2.45) is 4.99 Å². The Bertz CT molecular complexity index is 1110. The van der Waals surface area contributed by atoms with Crippen molar-refractivity contribution >= 4 is 14.0 Å². The molecular formula is C38H59NO5Si. The molecule has 5 atom stereocenters.